The maximum absolute atomic E-state index is 11.1. The number of nitriles is 1. The van der Waals surface area contributed by atoms with E-state index in [0.29, 0.717) is 24.3 Å². The number of nitrogens with zero attached hydrogens (tertiary/aromatic N) is 1. The van der Waals surface area contributed by atoms with Crippen LogP contribution in [-0.2, 0) is 11.3 Å². The highest BCUT2D eigenvalue weighted by Crippen LogP contribution is 2.02. The number of nitrogens with one attached hydrogen (secondary N) is 1. The molecule has 1 aromatic rings. The highest BCUT2D eigenvalue weighted by atomic mass is 32.1. The fourth-order valence-electron chi connectivity index (χ4n) is 1.09. The first-order chi connectivity index (χ1) is 7.26. The maximum atomic E-state index is 11.1. The predicted octanol–water partition coefficient (Wildman–Crippen LogP) is 1.49. The molecule has 0 radical (unpaired) electrons. The van der Waals surface area contributed by atoms with Crippen molar-refractivity contribution in [1.82, 2.24) is 5.32 Å². The van der Waals surface area contributed by atoms with Crippen LogP contribution in [0, 0.1) is 11.3 Å². The van der Waals surface area contributed by atoms with Crippen LogP contribution in [0.1, 0.15) is 17.5 Å². The molecule has 0 aliphatic rings. The fraction of sp³-hybridized carbons (Fsp3) is 0.273. The van der Waals surface area contributed by atoms with Crippen molar-refractivity contribution in [3.05, 3.63) is 35.4 Å². The van der Waals surface area contributed by atoms with Gasteiger partial charge in [-0.05, 0) is 23.4 Å². The summed E-state index contributed by atoms with van der Waals surface area (Å²) in [6.45, 7) is 0.498. The number of hydrogen-bond acceptors (Lipinski definition) is 3. The lowest BCUT2D eigenvalue weighted by Gasteiger charge is -2.03. The summed E-state index contributed by atoms with van der Waals surface area (Å²) in [6, 6.07) is 9.18. The lowest BCUT2D eigenvalue weighted by Crippen LogP contribution is -2.22. The van der Waals surface area contributed by atoms with E-state index in [1.165, 1.54) is 0 Å². The van der Waals surface area contributed by atoms with Gasteiger partial charge in [0.2, 0.25) is 5.91 Å². The molecule has 0 heterocycles. The molecule has 0 spiro atoms. The molecule has 0 aliphatic carbocycles. The third-order valence-corrected chi connectivity index (χ3v) is 2.14. The average Bonchev–Trinajstić information content (AvgIpc) is 2.27. The fourth-order valence-corrected chi connectivity index (χ4v) is 1.29. The molecule has 78 valence electrons. The summed E-state index contributed by atoms with van der Waals surface area (Å²) < 4.78 is 0. The van der Waals surface area contributed by atoms with Crippen molar-refractivity contribution < 1.29 is 4.79 Å². The standard InChI is InChI=1S/C11H12N2OS/c12-7-9-1-3-10(4-2-9)8-13-11(14)5-6-15/h1-4,15H,5-6,8H2,(H,13,14). The maximum Gasteiger partial charge on any atom is 0.221 e. The van der Waals surface area contributed by atoms with E-state index in [4.69, 9.17) is 5.26 Å². The van der Waals surface area contributed by atoms with Crippen molar-refractivity contribution >= 4 is 18.5 Å². The van der Waals surface area contributed by atoms with E-state index < -0.39 is 0 Å². The zero-order chi connectivity index (χ0) is 11.1. The molecule has 4 heteroatoms. The Morgan fingerprint density at radius 3 is 2.60 bits per heavy atom. The molecule has 1 aromatic carbocycles. The Morgan fingerprint density at radius 1 is 1.40 bits per heavy atom. The largest absolute Gasteiger partial charge is 0.352 e. The van der Waals surface area contributed by atoms with Gasteiger partial charge in [-0.15, -0.1) is 0 Å². The van der Waals surface area contributed by atoms with Crippen LogP contribution in [0.5, 0.6) is 0 Å². The van der Waals surface area contributed by atoms with Crippen LogP contribution in [0.4, 0.5) is 0 Å². The van der Waals surface area contributed by atoms with Crippen molar-refractivity contribution in [3.63, 3.8) is 0 Å². The average molecular weight is 220 g/mol. The molecule has 0 saturated heterocycles. The van der Waals surface area contributed by atoms with E-state index in [1.807, 2.05) is 18.2 Å². The second-order valence-corrected chi connectivity index (χ2v) is 3.51. The normalized spacial score (nSPS) is 9.33. The van der Waals surface area contributed by atoms with Crippen LogP contribution in [0.3, 0.4) is 0 Å². The molecule has 0 fully saturated rings. The van der Waals surface area contributed by atoms with Gasteiger partial charge < -0.3 is 5.32 Å². The van der Waals surface area contributed by atoms with Gasteiger partial charge in [0.1, 0.15) is 0 Å². The van der Waals surface area contributed by atoms with Gasteiger partial charge in [0.25, 0.3) is 0 Å². The van der Waals surface area contributed by atoms with Gasteiger partial charge in [0.15, 0.2) is 0 Å². The third-order valence-electron chi connectivity index (χ3n) is 1.91. The van der Waals surface area contributed by atoms with Crippen LogP contribution in [0.25, 0.3) is 0 Å². The van der Waals surface area contributed by atoms with Gasteiger partial charge in [-0.25, -0.2) is 0 Å². The monoisotopic (exact) mass is 220 g/mol. The molecule has 0 bridgehead atoms. The second kappa shape index (κ2) is 6.10. The van der Waals surface area contributed by atoms with Crippen molar-refractivity contribution in [2.45, 2.75) is 13.0 Å². The number of thiol groups is 1. The predicted molar refractivity (Wildman–Crippen MR) is 61.5 cm³/mol. The van der Waals surface area contributed by atoms with Gasteiger partial charge in [-0.2, -0.15) is 17.9 Å². The number of rotatable bonds is 4. The van der Waals surface area contributed by atoms with Gasteiger partial charge >= 0.3 is 0 Å². The van der Waals surface area contributed by atoms with E-state index in [-0.39, 0.29) is 5.91 Å². The Kier molecular flexibility index (Phi) is 4.72. The summed E-state index contributed by atoms with van der Waals surface area (Å²) >= 11 is 3.97. The molecular formula is C11H12N2OS. The highest BCUT2D eigenvalue weighted by Gasteiger charge is 1.99. The molecule has 1 N–H and O–H groups in total. The molecule has 1 amide bonds. The quantitative estimate of drug-likeness (QED) is 0.755. The first-order valence-electron chi connectivity index (χ1n) is 4.63. The van der Waals surface area contributed by atoms with E-state index in [2.05, 4.69) is 17.9 Å². The van der Waals surface area contributed by atoms with Crippen LogP contribution >= 0.6 is 12.6 Å². The Hall–Kier alpha value is -1.47. The first kappa shape index (κ1) is 11.6. The topological polar surface area (TPSA) is 52.9 Å². The molecule has 15 heavy (non-hydrogen) atoms. The zero-order valence-electron chi connectivity index (χ0n) is 8.23. The smallest absolute Gasteiger partial charge is 0.221 e. The molecule has 0 aliphatic heterocycles. The molecule has 0 unspecified atom stereocenters. The number of carbonyl (C=O) groups is 1. The first-order valence-corrected chi connectivity index (χ1v) is 5.26. The summed E-state index contributed by atoms with van der Waals surface area (Å²) in [7, 11) is 0. The van der Waals surface area contributed by atoms with Gasteiger partial charge in [-0.1, -0.05) is 12.1 Å². The Labute approximate surface area is 94.5 Å². The Balaban J connectivity index is 2.45. The van der Waals surface area contributed by atoms with Crippen LogP contribution < -0.4 is 5.32 Å². The van der Waals surface area contributed by atoms with Crippen molar-refractivity contribution in [1.29, 1.82) is 5.26 Å². The summed E-state index contributed by atoms with van der Waals surface area (Å²) in [5, 5.41) is 11.4. The SMILES string of the molecule is N#Cc1ccc(CNC(=O)CCS)cc1. The minimum atomic E-state index is -0.00522. The second-order valence-electron chi connectivity index (χ2n) is 3.06. The van der Waals surface area contributed by atoms with Crippen molar-refractivity contribution in [2.24, 2.45) is 0 Å². The van der Waals surface area contributed by atoms with Crippen LogP contribution in [-0.4, -0.2) is 11.7 Å². The molecule has 0 atom stereocenters. The number of carbonyl (C=O) groups excluding carboxylic acids is 1. The third kappa shape index (κ3) is 4.05. The zero-order valence-corrected chi connectivity index (χ0v) is 9.13. The number of hydrogen-bond donors (Lipinski definition) is 2. The van der Waals surface area contributed by atoms with E-state index in [9.17, 15) is 4.79 Å². The van der Waals surface area contributed by atoms with Gasteiger partial charge in [-0.3, -0.25) is 4.79 Å². The lowest BCUT2D eigenvalue weighted by atomic mass is 10.1. The van der Waals surface area contributed by atoms with Crippen LogP contribution in [0.2, 0.25) is 0 Å². The highest BCUT2D eigenvalue weighted by molar-refractivity contribution is 7.80. The van der Waals surface area contributed by atoms with Crippen molar-refractivity contribution in [3.8, 4) is 6.07 Å². The summed E-state index contributed by atoms with van der Waals surface area (Å²) in [5.74, 6) is 0.550. The van der Waals surface area contributed by atoms with E-state index >= 15 is 0 Å². The molecule has 0 saturated carbocycles. The Morgan fingerprint density at radius 2 is 2.07 bits per heavy atom. The molecule has 1 rings (SSSR count). The summed E-state index contributed by atoms with van der Waals surface area (Å²) in [5.41, 5.74) is 1.61. The summed E-state index contributed by atoms with van der Waals surface area (Å²) in [4.78, 5) is 11.1. The van der Waals surface area contributed by atoms with Gasteiger partial charge in [0.05, 0.1) is 11.6 Å². The lowest BCUT2D eigenvalue weighted by molar-refractivity contribution is -0.120. The Bertz CT molecular complexity index is 367. The minimum Gasteiger partial charge on any atom is -0.352 e. The molecule has 3 nitrogen and oxygen atoms in total. The summed E-state index contributed by atoms with van der Waals surface area (Å²) in [6.07, 6.45) is 0.430. The van der Waals surface area contributed by atoms with E-state index in [1.54, 1.807) is 12.1 Å². The number of benzene rings is 1. The van der Waals surface area contributed by atoms with Crippen LogP contribution in [0.15, 0.2) is 24.3 Å². The van der Waals surface area contributed by atoms with E-state index in [0.717, 1.165) is 5.56 Å². The van der Waals surface area contributed by atoms with Crippen molar-refractivity contribution in [2.75, 3.05) is 5.75 Å². The van der Waals surface area contributed by atoms with Gasteiger partial charge in [0, 0.05) is 13.0 Å². The number of amides is 1. The minimum absolute atomic E-state index is 0.00522. The molecular weight excluding hydrogens is 208 g/mol. The molecule has 0 aromatic heterocycles.